The molecule has 0 aliphatic rings. The van der Waals surface area contributed by atoms with Gasteiger partial charge >= 0.3 is 0 Å². The van der Waals surface area contributed by atoms with Gasteiger partial charge in [0.25, 0.3) is 0 Å². The van der Waals surface area contributed by atoms with Crippen LogP contribution in [0.5, 0.6) is 0 Å². The highest BCUT2D eigenvalue weighted by atomic mass is 31.1. The van der Waals surface area contributed by atoms with Gasteiger partial charge in [-0.3, -0.25) is 4.57 Å². The Morgan fingerprint density at radius 1 is 0.824 bits per heavy atom. The van der Waals surface area contributed by atoms with E-state index in [1.54, 1.807) is 24.3 Å². The zero-order chi connectivity index (χ0) is 12.3. The second kappa shape index (κ2) is 5.15. The molecule has 2 aromatic rings. The molecule has 0 spiro atoms. The fourth-order valence-corrected chi connectivity index (χ4v) is 2.32. The van der Waals surface area contributed by atoms with Crippen molar-refractivity contribution < 1.29 is 13.3 Å². The minimum absolute atomic E-state index is 0.231. The number of halogens is 2. The normalized spacial score (nSPS) is 11.0. The summed E-state index contributed by atoms with van der Waals surface area (Å²) in [4.78, 5) is 0. The molecular weight excluding hydrogens is 241 g/mol. The molecule has 1 nitrogen and oxygen atoms in total. The second-order valence-corrected chi connectivity index (χ2v) is 4.28. The molecule has 0 saturated carbocycles. The van der Waals surface area contributed by atoms with Gasteiger partial charge in [0.15, 0.2) is 8.46 Å². The molecular formula is C13H9F2OP. The Morgan fingerprint density at radius 2 is 1.24 bits per heavy atom. The van der Waals surface area contributed by atoms with Crippen molar-refractivity contribution in [2.45, 2.75) is 5.66 Å². The molecule has 0 fully saturated rings. The van der Waals surface area contributed by atoms with Crippen molar-refractivity contribution in [3.63, 3.8) is 0 Å². The number of hydrogen-bond acceptors (Lipinski definition) is 1. The van der Waals surface area contributed by atoms with Gasteiger partial charge in [-0.25, -0.2) is 8.78 Å². The van der Waals surface area contributed by atoms with E-state index < -0.39 is 17.3 Å². The Hall–Kier alpha value is -1.60. The minimum atomic E-state index is -0.808. The van der Waals surface area contributed by atoms with Gasteiger partial charge in [-0.15, -0.1) is 0 Å². The lowest BCUT2D eigenvalue weighted by atomic mass is 10.0. The fraction of sp³-hybridized carbons (Fsp3) is 0.0769. The number of rotatable bonds is 3. The van der Waals surface area contributed by atoms with Gasteiger partial charge in [0.1, 0.15) is 11.6 Å². The third kappa shape index (κ3) is 2.40. The maximum Gasteiger partial charge on any atom is 0.168 e. The van der Waals surface area contributed by atoms with Gasteiger partial charge in [0.2, 0.25) is 0 Å². The van der Waals surface area contributed by atoms with E-state index in [0.29, 0.717) is 0 Å². The summed E-state index contributed by atoms with van der Waals surface area (Å²) in [5.41, 5.74) is -0.346. The smallest absolute Gasteiger partial charge is 0.168 e. The highest BCUT2D eigenvalue weighted by molar-refractivity contribution is 7.24. The average molecular weight is 250 g/mol. The minimum Gasteiger partial charge on any atom is -0.274 e. The van der Waals surface area contributed by atoms with E-state index in [1.807, 2.05) is 0 Å². The van der Waals surface area contributed by atoms with Crippen molar-refractivity contribution in [2.75, 3.05) is 0 Å². The van der Waals surface area contributed by atoms with Crippen LogP contribution in [0.15, 0.2) is 48.5 Å². The summed E-state index contributed by atoms with van der Waals surface area (Å²) in [5.74, 6) is -0.965. The predicted molar refractivity (Wildman–Crippen MR) is 62.2 cm³/mol. The SMILES string of the molecule is O=PC(c1ccccc1F)c1ccccc1F. The third-order valence-corrected chi connectivity index (χ3v) is 3.27. The molecule has 0 N–H and O–H groups in total. The van der Waals surface area contributed by atoms with Crippen molar-refractivity contribution in [3.8, 4) is 0 Å². The Kier molecular flexibility index (Phi) is 3.60. The van der Waals surface area contributed by atoms with Crippen LogP contribution in [-0.2, 0) is 4.57 Å². The summed E-state index contributed by atoms with van der Waals surface area (Å²) in [5, 5.41) is 0. The van der Waals surface area contributed by atoms with Crippen molar-refractivity contribution >= 4 is 8.46 Å². The first-order chi connectivity index (χ1) is 8.24. The van der Waals surface area contributed by atoms with Gasteiger partial charge in [0, 0.05) is 11.1 Å². The van der Waals surface area contributed by atoms with Gasteiger partial charge in [-0.1, -0.05) is 36.4 Å². The van der Waals surface area contributed by atoms with E-state index in [4.69, 9.17) is 0 Å². The summed E-state index contributed by atoms with van der Waals surface area (Å²) in [6.45, 7) is 0. The van der Waals surface area contributed by atoms with Crippen LogP contribution in [0.4, 0.5) is 8.78 Å². The Balaban J connectivity index is 2.52. The lowest BCUT2D eigenvalue weighted by Gasteiger charge is -2.11. The summed E-state index contributed by atoms with van der Waals surface area (Å²) >= 11 is 0. The average Bonchev–Trinajstić information content (AvgIpc) is 2.34. The predicted octanol–water partition coefficient (Wildman–Crippen LogP) is 4.35. The third-order valence-electron chi connectivity index (χ3n) is 2.51. The van der Waals surface area contributed by atoms with Crippen LogP contribution < -0.4 is 0 Å². The van der Waals surface area contributed by atoms with Crippen LogP contribution in [0.3, 0.4) is 0 Å². The molecule has 2 rings (SSSR count). The first-order valence-electron chi connectivity index (χ1n) is 5.05. The summed E-state index contributed by atoms with van der Waals surface area (Å²) < 4.78 is 38.3. The van der Waals surface area contributed by atoms with Gasteiger partial charge in [-0.05, 0) is 12.1 Å². The first kappa shape index (κ1) is 11.9. The largest absolute Gasteiger partial charge is 0.274 e. The Bertz CT molecular complexity index is 497. The molecule has 2 aromatic carbocycles. The summed E-state index contributed by atoms with van der Waals surface area (Å²) in [7, 11) is -0.330. The van der Waals surface area contributed by atoms with Gasteiger partial charge < -0.3 is 0 Å². The van der Waals surface area contributed by atoms with Crippen molar-refractivity contribution in [2.24, 2.45) is 0 Å². The molecule has 0 unspecified atom stereocenters. The van der Waals surface area contributed by atoms with Crippen LogP contribution in [-0.4, -0.2) is 0 Å². The quantitative estimate of drug-likeness (QED) is 0.740. The molecule has 0 aromatic heterocycles. The Labute approximate surface area is 99.3 Å². The van der Waals surface area contributed by atoms with E-state index in [0.717, 1.165) is 0 Å². The van der Waals surface area contributed by atoms with Crippen LogP contribution in [0, 0.1) is 11.6 Å². The van der Waals surface area contributed by atoms with Crippen molar-refractivity contribution in [1.29, 1.82) is 0 Å². The maximum atomic E-state index is 13.6. The Morgan fingerprint density at radius 3 is 1.59 bits per heavy atom. The fourth-order valence-electron chi connectivity index (χ4n) is 1.67. The van der Waals surface area contributed by atoms with E-state index in [-0.39, 0.29) is 19.6 Å². The molecule has 0 atom stereocenters. The molecule has 0 aliphatic carbocycles. The zero-order valence-electron chi connectivity index (χ0n) is 8.81. The molecule has 4 heteroatoms. The molecule has 86 valence electrons. The molecule has 0 saturated heterocycles. The molecule has 0 bridgehead atoms. The van der Waals surface area contributed by atoms with E-state index in [9.17, 15) is 13.3 Å². The lowest BCUT2D eigenvalue weighted by Crippen LogP contribution is -1.99. The van der Waals surface area contributed by atoms with Gasteiger partial charge in [0.05, 0.1) is 5.66 Å². The van der Waals surface area contributed by atoms with E-state index in [2.05, 4.69) is 0 Å². The van der Waals surface area contributed by atoms with Crippen LogP contribution in [0.1, 0.15) is 16.8 Å². The summed E-state index contributed by atoms with van der Waals surface area (Å²) in [6, 6.07) is 11.9. The van der Waals surface area contributed by atoms with E-state index in [1.165, 1.54) is 24.3 Å². The molecule has 0 aliphatic heterocycles. The number of hydrogen-bond donors (Lipinski definition) is 0. The standard InChI is InChI=1S/C13H9F2OP/c14-11-7-3-1-5-9(11)13(17-16)10-6-2-4-8-12(10)15/h1-8,13H. The molecule has 0 radical (unpaired) electrons. The monoisotopic (exact) mass is 250 g/mol. The van der Waals surface area contributed by atoms with Crippen LogP contribution in [0.25, 0.3) is 0 Å². The molecule has 0 amide bonds. The lowest BCUT2D eigenvalue weighted by molar-refractivity contribution is 0.577. The zero-order valence-corrected chi connectivity index (χ0v) is 9.70. The van der Waals surface area contributed by atoms with E-state index >= 15 is 0 Å². The first-order valence-corrected chi connectivity index (χ1v) is 5.93. The topological polar surface area (TPSA) is 17.1 Å². The molecule has 0 heterocycles. The van der Waals surface area contributed by atoms with Crippen molar-refractivity contribution in [1.82, 2.24) is 0 Å². The van der Waals surface area contributed by atoms with Crippen molar-refractivity contribution in [3.05, 3.63) is 71.3 Å². The van der Waals surface area contributed by atoms with Crippen LogP contribution >= 0.6 is 8.46 Å². The highest BCUT2D eigenvalue weighted by Crippen LogP contribution is 2.36. The molecule has 17 heavy (non-hydrogen) atoms. The van der Waals surface area contributed by atoms with Crippen LogP contribution in [0.2, 0.25) is 0 Å². The number of benzene rings is 2. The highest BCUT2D eigenvalue weighted by Gasteiger charge is 2.20. The van der Waals surface area contributed by atoms with Gasteiger partial charge in [-0.2, -0.15) is 0 Å². The second-order valence-electron chi connectivity index (χ2n) is 3.55. The summed E-state index contributed by atoms with van der Waals surface area (Å²) in [6.07, 6.45) is 0. The maximum absolute atomic E-state index is 13.6.